The number of amides is 1. The van der Waals surface area contributed by atoms with Gasteiger partial charge in [0.25, 0.3) is 11.6 Å². The van der Waals surface area contributed by atoms with Gasteiger partial charge in [0.2, 0.25) is 0 Å². The molecule has 0 aliphatic heterocycles. The van der Waals surface area contributed by atoms with Crippen LogP contribution in [0.2, 0.25) is 5.02 Å². The molecule has 0 aliphatic carbocycles. The quantitative estimate of drug-likeness (QED) is 0.661. The second kappa shape index (κ2) is 5.38. The molecule has 1 aromatic heterocycles. The first-order chi connectivity index (χ1) is 9.51. The lowest BCUT2D eigenvalue weighted by molar-refractivity contribution is -0.384. The van der Waals surface area contributed by atoms with E-state index in [4.69, 9.17) is 16.9 Å². The van der Waals surface area contributed by atoms with Crippen molar-refractivity contribution >= 4 is 29.0 Å². The number of nitriles is 1. The number of carbonyl (C=O) groups excluding carboxylic acids is 1. The minimum Gasteiger partial charge on any atom is -0.306 e. The molecule has 0 spiro atoms. The van der Waals surface area contributed by atoms with Crippen LogP contribution in [0.15, 0.2) is 24.4 Å². The fourth-order valence-electron chi connectivity index (χ4n) is 1.46. The highest BCUT2D eigenvalue weighted by molar-refractivity contribution is 6.31. The monoisotopic (exact) mass is 291 g/mol. The molecular weight excluding hydrogens is 286 g/mol. The maximum Gasteiger partial charge on any atom is 0.271 e. The molecule has 0 radical (unpaired) electrons. The van der Waals surface area contributed by atoms with Crippen molar-refractivity contribution in [1.82, 2.24) is 10.2 Å². The number of aromatic nitrogens is 2. The third-order valence-corrected chi connectivity index (χ3v) is 2.57. The molecule has 1 heterocycles. The summed E-state index contributed by atoms with van der Waals surface area (Å²) < 4.78 is 0. The van der Waals surface area contributed by atoms with E-state index in [9.17, 15) is 14.9 Å². The van der Waals surface area contributed by atoms with Crippen LogP contribution in [0.3, 0.4) is 0 Å². The van der Waals surface area contributed by atoms with E-state index in [0.717, 1.165) is 12.1 Å². The topological polar surface area (TPSA) is 125 Å². The van der Waals surface area contributed by atoms with Gasteiger partial charge in [0, 0.05) is 22.7 Å². The van der Waals surface area contributed by atoms with Gasteiger partial charge in [0.1, 0.15) is 17.5 Å². The fourth-order valence-corrected chi connectivity index (χ4v) is 1.69. The Kier molecular flexibility index (Phi) is 3.63. The van der Waals surface area contributed by atoms with Gasteiger partial charge in [-0.1, -0.05) is 11.6 Å². The van der Waals surface area contributed by atoms with Crippen LogP contribution in [0.4, 0.5) is 11.5 Å². The van der Waals surface area contributed by atoms with Crippen molar-refractivity contribution in [3.8, 4) is 6.07 Å². The summed E-state index contributed by atoms with van der Waals surface area (Å²) in [4.78, 5) is 22.0. The number of halogens is 1. The van der Waals surface area contributed by atoms with Crippen LogP contribution in [0.1, 0.15) is 15.9 Å². The van der Waals surface area contributed by atoms with Crippen LogP contribution in [0.25, 0.3) is 0 Å². The number of carbonyl (C=O) groups is 1. The van der Waals surface area contributed by atoms with Crippen LogP contribution in [-0.4, -0.2) is 21.0 Å². The van der Waals surface area contributed by atoms with E-state index in [0.29, 0.717) is 0 Å². The molecule has 20 heavy (non-hydrogen) atoms. The number of aromatic amines is 1. The number of rotatable bonds is 3. The molecule has 2 N–H and O–H groups in total. The van der Waals surface area contributed by atoms with E-state index < -0.39 is 10.8 Å². The molecule has 0 fully saturated rings. The van der Waals surface area contributed by atoms with Crippen LogP contribution in [0.5, 0.6) is 0 Å². The van der Waals surface area contributed by atoms with Crippen LogP contribution < -0.4 is 5.32 Å². The lowest BCUT2D eigenvalue weighted by Crippen LogP contribution is -2.13. The molecule has 0 saturated heterocycles. The Morgan fingerprint density at radius 3 is 2.90 bits per heavy atom. The largest absolute Gasteiger partial charge is 0.306 e. The first kappa shape index (κ1) is 13.5. The molecular formula is C11H6ClN5O3. The first-order valence-corrected chi connectivity index (χ1v) is 5.59. The molecule has 1 amide bonds. The molecule has 2 aromatic rings. The summed E-state index contributed by atoms with van der Waals surface area (Å²) in [5, 5.41) is 28.0. The molecule has 0 bridgehead atoms. The van der Waals surface area contributed by atoms with Gasteiger partial charge in [-0.25, -0.2) is 0 Å². The number of hydrogen-bond acceptors (Lipinski definition) is 5. The predicted molar refractivity (Wildman–Crippen MR) is 69.4 cm³/mol. The lowest BCUT2D eigenvalue weighted by atomic mass is 10.2. The van der Waals surface area contributed by atoms with Gasteiger partial charge in [-0.3, -0.25) is 20.0 Å². The minimum absolute atomic E-state index is 0.00249. The highest BCUT2D eigenvalue weighted by Crippen LogP contribution is 2.22. The van der Waals surface area contributed by atoms with E-state index >= 15 is 0 Å². The van der Waals surface area contributed by atoms with Crippen molar-refractivity contribution in [2.75, 3.05) is 5.32 Å². The van der Waals surface area contributed by atoms with Gasteiger partial charge in [-0.05, 0) is 6.07 Å². The molecule has 1 aromatic carbocycles. The zero-order valence-electron chi connectivity index (χ0n) is 9.75. The zero-order chi connectivity index (χ0) is 14.7. The van der Waals surface area contributed by atoms with Crippen molar-refractivity contribution in [2.24, 2.45) is 0 Å². The number of nitro benzene ring substituents is 1. The Bertz CT molecular complexity index is 734. The lowest BCUT2D eigenvalue weighted by Gasteiger charge is -2.03. The van der Waals surface area contributed by atoms with Crippen molar-refractivity contribution in [3.63, 3.8) is 0 Å². The van der Waals surface area contributed by atoms with Crippen LogP contribution in [-0.2, 0) is 0 Å². The summed E-state index contributed by atoms with van der Waals surface area (Å²) in [6.45, 7) is 0. The molecule has 100 valence electrons. The van der Waals surface area contributed by atoms with Gasteiger partial charge < -0.3 is 5.32 Å². The second-order valence-corrected chi connectivity index (χ2v) is 4.12. The maximum absolute atomic E-state index is 12.0. The summed E-state index contributed by atoms with van der Waals surface area (Å²) in [5.41, 5.74) is -0.148. The number of nitrogens with one attached hydrogen (secondary N) is 2. The second-order valence-electron chi connectivity index (χ2n) is 3.68. The SMILES string of the molecule is N#Cc1cn[nH]c1NC(=O)c1cc(Cl)cc([N+](=O)[O-])c1. The van der Waals surface area contributed by atoms with Gasteiger partial charge >= 0.3 is 0 Å². The summed E-state index contributed by atoms with van der Waals surface area (Å²) >= 11 is 5.72. The smallest absolute Gasteiger partial charge is 0.271 e. The molecule has 0 atom stereocenters. The van der Waals surface area contributed by atoms with E-state index in [1.165, 1.54) is 12.3 Å². The Labute approximate surface area is 117 Å². The molecule has 0 unspecified atom stereocenters. The average Bonchev–Trinajstić information content (AvgIpc) is 2.85. The van der Waals surface area contributed by atoms with Crippen molar-refractivity contribution in [3.05, 3.63) is 50.7 Å². The fraction of sp³-hybridized carbons (Fsp3) is 0. The van der Waals surface area contributed by atoms with Crippen molar-refractivity contribution in [2.45, 2.75) is 0 Å². The number of hydrogen-bond donors (Lipinski definition) is 2. The van der Waals surface area contributed by atoms with Gasteiger partial charge in [0.05, 0.1) is 11.1 Å². The van der Waals surface area contributed by atoms with Gasteiger partial charge in [-0.15, -0.1) is 0 Å². The van der Waals surface area contributed by atoms with Crippen molar-refractivity contribution in [1.29, 1.82) is 5.26 Å². The number of non-ortho nitro benzene ring substituents is 1. The van der Waals surface area contributed by atoms with E-state index in [2.05, 4.69) is 15.5 Å². The van der Waals surface area contributed by atoms with E-state index in [-0.39, 0.29) is 27.7 Å². The van der Waals surface area contributed by atoms with Crippen LogP contribution in [0, 0.1) is 21.4 Å². The van der Waals surface area contributed by atoms with Gasteiger partial charge in [0.15, 0.2) is 0 Å². The zero-order valence-corrected chi connectivity index (χ0v) is 10.5. The van der Waals surface area contributed by atoms with Crippen molar-refractivity contribution < 1.29 is 9.72 Å². The highest BCUT2D eigenvalue weighted by atomic mass is 35.5. The third kappa shape index (κ3) is 2.73. The standard InChI is InChI=1S/C11H6ClN5O3/c12-8-1-6(2-9(3-8)17(19)20)11(18)15-10-7(4-13)5-14-16-10/h1-3,5H,(H2,14,15,16,18). The van der Waals surface area contributed by atoms with Crippen LogP contribution >= 0.6 is 11.6 Å². The summed E-state index contributed by atoms with van der Waals surface area (Å²) in [6, 6.07) is 5.34. The number of benzene rings is 1. The Morgan fingerprint density at radius 1 is 1.50 bits per heavy atom. The summed E-state index contributed by atoms with van der Waals surface area (Å²) in [7, 11) is 0. The molecule has 0 saturated carbocycles. The number of nitrogens with zero attached hydrogens (tertiary/aromatic N) is 3. The highest BCUT2D eigenvalue weighted by Gasteiger charge is 2.15. The van der Waals surface area contributed by atoms with E-state index in [1.807, 2.05) is 6.07 Å². The third-order valence-electron chi connectivity index (χ3n) is 2.35. The first-order valence-electron chi connectivity index (χ1n) is 5.21. The van der Waals surface area contributed by atoms with E-state index in [1.54, 1.807) is 0 Å². The predicted octanol–water partition coefficient (Wildman–Crippen LogP) is 2.10. The number of nitro groups is 1. The molecule has 0 aliphatic rings. The normalized spacial score (nSPS) is 9.80. The Balaban J connectivity index is 2.30. The molecule has 8 nitrogen and oxygen atoms in total. The Hall–Kier alpha value is -2.92. The minimum atomic E-state index is -0.653. The maximum atomic E-state index is 12.0. The number of anilines is 1. The Morgan fingerprint density at radius 2 is 2.25 bits per heavy atom. The molecule has 9 heteroatoms. The summed E-state index contributed by atoms with van der Waals surface area (Å²) in [5.74, 6) is -0.531. The summed E-state index contributed by atoms with van der Waals surface area (Å²) in [6.07, 6.45) is 1.25. The average molecular weight is 292 g/mol. The number of H-pyrrole nitrogens is 1. The van der Waals surface area contributed by atoms with Gasteiger partial charge in [-0.2, -0.15) is 10.4 Å². The molecule has 2 rings (SSSR count).